The molecule has 1 aromatic carbocycles. The lowest BCUT2D eigenvalue weighted by atomic mass is 9.65. The number of rotatable bonds is 15. The Kier molecular flexibility index (Phi) is 8.79. The number of unbranched alkanes of at least 4 members (excludes halogenated alkanes) is 2. The van der Waals surface area contributed by atoms with Gasteiger partial charge in [-0.3, -0.25) is 14.4 Å². The van der Waals surface area contributed by atoms with Gasteiger partial charge >= 0.3 is 5.97 Å². The summed E-state index contributed by atoms with van der Waals surface area (Å²) in [5.74, 6) is -2.69. The van der Waals surface area contributed by atoms with Gasteiger partial charge in [-0.15, -0.1) is 18.3 Å². The zero-order chi connectivity index (χ0) is 29.9. The minimum Gasteiger partial charge on any atom is -0.465 e. The third-order valence-electron chi connectivity index (χ3n) is 9.16. The molecule has 3 saturated heterocycles. The van der Waals surface area contributed by atoms with Gasteiger partial charge in [0, 0.05) is 19.7 Å². The number of esters is 1. The summed E-state index contributed by atoms with van der Waals surface area (Å²) in [5.41, 5.74) is -0.563. The van der Waals surface area contributed by atoms with Crippen molar-refractivity contribution in [3.63, 3.8) is 0 Å². The standard InChI is InChI=1S/C31H41N5O6/c1-4-7-8-11-20-41-29(40)25-24-27(38)35(18-12-19-37)26(31(24)16-15-30(25,6-3)42-31)28(39)34(17-5-2)21-36-23-14-10-9-13-22(23)32-33-36/h4-5,9-10,13-14,24-26,37H,1-2,6-8,11-12,15-21H2,3H3/t24-,25-,26?,30+,31?/m0/s1. The van der Waals surface area contributed by atoms with Crippen LogP contribution in [0.3, 0.4) is 0 Å². The van der Waals surface area contributed by atoms with Crippen molar-refractivity contribution >= 4 is 28.8 Å². The average molecular weight is 580 g/mol. The molecule has 0 radical (unpaired) electrons. The maximum atomic E-state index is 14.5. The summed E-state index contributed by atoms with van der Waals surface area (Å²) in [5, 5.41) is 18.1. The van der Waals surface area contributed by atoms with Gasteiger partial charge < -0.3 is 24.4 Å². The first-order chi connectivity index (χ1) is 20.4. The first-order valence-corrected chi connectivity index (χ1v) is 14.9. The van der Waals surface area contributed by atoms with Crippen LogP contribution in [0.25, 0.3) is 11.0 Å². The van der Waals surface area contributed by atoms with Crippen LogP contribution in [0, 0.1) is 11.8 Å². The fourth-order valence-corrected chi connectivity index (χ4v) is 7.22. The minimum atomic E-state index is -1.17. The molecule has 1 N–H and O–H groups in total. The number of allylic oxidation sites excluding steroid dienone is 1. The second-order valence-electron chi connectivity index (χ2n) is 11.5. The monoisotopic (exact) mass is 579 g/mol. The SMILES string of the molecule is C=CCCCCOC(=O)[C@@H]1[C@H]2C(=O)N(CCCO)C(C(=O)N(CC=C)Cn3nnc4ccccc43)C23CC[C@@]1(CC)O3. The van der Waals surface area contributed by atoms with Crippen molar-refractivity contribution in [2.24, 2.45) is 11.8 Å². The molecule has 2 aromatic rings. The van der Waals surface area contributed by atoms with Gasteiger partial charge in [-0.2, -0.15) is 0 Å². The largest absolute Gasteiger partial charge is 0.465 e. The molecule has 0 saturated carbocycles. The van der Waals surface area contributed by atoms with Gasteiger partial charge in [0.15, 0.2) is 0 Å². The Morgan fingerprint density at radius 3 is 2.76 bits per heavy atom. The summed E-state index contributed by atoms with van der Waals surface area (Å²) < 4.78 is 14.2. The Bertz CT molecular complexity index is 1340. The van der Waals surface area contributed by atoms with E-state index in [0.29, 0.717) is 37.6 Å². The number of para-hydroxylation sites is 1. The number of hydrogen-bond donors (Lipinski definition) is 1. The lowest BCUT2D eigenvalue weighted by Gasteiger charge is -2.36. The predicted molar refractivity (Wildman–Crippen MR) is 155 cm³/mol. The Balaban J connectivity index is 1.47. The minimum absolute atomic E-state index is 0.0970. The Morgan fingerprint density at radius 2 is 2.02 bits per heavy atom. The van der Waals surface area contributed by atoms with Crippen LogP contribution in [0.4, 0.5) is 0 Å². The predicted octanol–water partition coefficient (Wildman–Crippen LogP) is 2.84. The highest BCUT2D eigenvalue weighted by Gasteiger charge is 2.79. The van der Waals surface area contributed by atoms with Crippen LogP contribution < -0.4 is 0 Å². The molecule has 3 aliphatic heterocycles. The molecule has 1 aromatic heterocycles. The maximum Gasteiger partial charge on any atom is 0.312 e. The fourth-order valence-electron chi connectivity index (χ4n) is 7.22. The summed E-state index contributed by atoms with van der Waals surface area (Å²) in [6.07, 6.45) is 7.70. The van der Waals surface area contributed by atoms with Crippen LogP contribution in [0.1, 0.15) is 51.9 Å². The molecule has 11 heteroatoms. The third-order valence-corrected chi connectivity index (χ3v) is 9.16. The van der Waals surface area contributed by atoms with E-state index >= 15 is 0 Å². The summed E-state index contributed by atoms with van der Waals surface area (Å²) >= 11 is 0. The molecular weight excluding hydrogens is 538 g/mol. The van der Waals surface area contributed by atoms with E-state index in [4.69, 9.17) is 9.47 Å². The zero-order valence-electron chi connectivity index (χ0n) is 24.3. The highest BCUT2D eigenvalue weighted by molar-refractivity contribution is 5.98. The molecule has 2 amide bonds. The molecule has 3 fully saturated rings. The van der Waals surface area contributed by atoms with Crippen LogP contribution >= 0.6 is 0 Å². The number of aromatic nitrogens is 3. The van der Waals surface area contributed by atoms with Crippen molar-refractivity contribution in [2.45, 2.75) is 75.8 Å². The fraction of sp³-hybridized carbons (Fsp3) is 0.581. The molecule has 5 atom stereocenters. The molecule has 11 nitrogen and oxygen atoms in total. The first kappa shape index (κ1) is 29.9. The first-order valence-electron chi connectivity index (χ1n) is 14.9. The average Bonchev–Trinajstić information content (AvgIpc) is 3.72. The number of hydrogen-bond acceptors (Lipinski definition) is 8. The van der Waals surface area contributed by atoms with Crippen LogP contribution in [0.5, 0.6) is 0 Å². The van der Waals surface area contributed by atoms with Gasteiger partial charge in [-0.25, -0.2) is 4.68 Å². The molecule has 42 heavy (non-hydrogen) atoms. The molecule has 3 aliphatic rings. The van der Waals surface area contributed by atoms with Crippen molar-refractivity contribution < 1.29 is 29.0 Å². The van der Waals surface area contributed by atoms with Gasteiger partial charge in [0.25, 0.3) is 0 Å². The van der Waals surface area contributed by atoms with Crippen LogP contribution in [0.2, 0.25) is 0 Å². The molecule has 2 bridgehead atoms. The van der Waals surface area contributed by atoms with Crippen molar-refractivity contribution in [3.8, 4) is 0 Å². The summed E-state index contributed by atoms with van der Waals surface area (Å²) in [4.78, 5) is 45.5. The second kappa shape index (κ2) is 12.3. The Hall–Kier alpha value is -3.57. The molecule has 226 valence electrons. The number of aliphatic hydroxyl groups excluding tert-OH is 1. The van der Waals surface area contributed by atoms with Crippen LogP contribution in [-0.2, 0) is 30.5 Å². The molecule has 1 spiro atoms. The number of carbonyl (C=O) groups is 3. The Labute approximate surface area is 246 Å². The van der Waals surface area contributed by atoms with Gasteiger partial charge in [0.2, 0.25) is 11.8 Å². The van der Waals surface area contributed by atoms with E-state index in [1.165, 1.54) is 4.90 Å². The quantitative estimate of drug-likeness (QED) is 0.194. The number of carbonyl (C=O) groups excluding carboxylic acids is 3. The second-order valence-corrected chi connectivity index (χ2v) is 11.5. The van der Waals surface area contributed by atoms with Gasteiger partial charge in [0.05, 0.1) is 23.6 Å². The van der Waals surface area contributed by atoms with Crippen molar-refractivity contribution in [2.75, 3.05) is 26.3 Å². The number of amides is 2. The van der Waals surface area contributed by atoms with E-state index in [9.17, 15) is 19.5 Å². The van der Waals surface area contributed by atoms with Gasteiger partial charge in [-0.05, 0) is 57.1 Å². The summed E-state index contributed by atoms with van der Waals surface area (Å²) in [6, 6.07) is 6.52. The van der Waals surface area contributed by atoms with E-state index in [2.05, 4.69) is 23.5 Å². The van der Waals surface area contributed by atoms with E-state index in [-0.39, 0.29) is 44.8 Å². The number of ether oxygens (including phenoxy) is 2. The third kappa shape index (κ3) is 4.92. The molecule has 4 heterocycles. The van der Waals surface area contributed by atoms with Gasteiger partial charge in [-0.1, -0.05) is 36.4 Å². The smallest absolute Gasteiger partial charge is 0.312 e. The summed E-state index contributed by atoms with van der Waals surface area (Å²) in [7, 11) is 0. The number of benzene rings is 1. The summed E-state index contributed by atoms with van der Waals surface area (Å²) in [6.45, 7) is 10.1. The van der Waals surface area contributed by atoms with Crippen molar-refractivity contribution in [1.29, 1.82) is 0 Å². The lowest BCUT2D eigenvalue weighted by Crippen LogP contribution is -2.56. The van der Waals surface area contributed by atoms with E-state index < -0.39 is 35.0 Å². The van der Waals surface area contributed by atoms with Crippen molar-refractivity contribution in [3.05, 3.63) is 49.6 Å². The highest BCUT2D eigenvalue weighted by atomic mass is 16.6. The molecule has 0 aliphatic carbocycles. The highest BCUT2D eigenvalue weighted by Crippen LogP contribution is 2.64. The van der Waals surface area contributed by atoms with E-state index in [0.717, 1.165) is 18.4 Å². The maximum absolute atomic E-state index is 14.5. The number of likely N-dealkylation sites (tertiary alicyclic amines) is 1. The number of nitrogens with zero attached hydrogens (tertiary/aromatic N) is 5. The van der Waals surface area contributed by atoms with E-state index in [1.54, 1.807) is 15.7 Å². The number of aliphatic hydroxyl groups is 1. The van der Waals surface area contributed by atoms with Crippen LogP contribution in [0.15, 0.2) is 49.6 Å². The lowest BCUT2D eigenvalue weighted by molar-refractivity contribution is -0.162. The molecule has 2 unspecified atom stereocenters. The van der Waals surface area contributed by atoms with Crippen molar-refractivity contribution in [1.82, 2.24) is 24.8 Å². The van der Waals surface area contributed by atoms with E-state index in [1.807, 2.05) is 37.3 Å². The molecule has 5 rings (SSSR count). The van der Waals surface area contributed by atoms with Gasteiger partial charge in [0.1, 0.15) is 29.7 Å². The molecular formula is C31H41N5O6. The topological polar surface area (TPSA) is 127 Å². The normalized spacial score (nSPS) is 27.8. The zero-order valence-corrected chi connectivity index (χ0v) is 24.3. The number of fused-ring (bicyclic) bond motifs is 2. The Morgan fingerprint density at radius 1 is 1.21 bits per heavy atom. The van der Waals surface area contributed by atoms with Crippen LogP contribution in [-0.4, -0.2) is 91.2 Å².